The number of aromatic hydroxyl groups is 1. The van der Waals surface area contributed by atoms with Gasteiger partial charge in [0.25, 0.3) is 11.5 Å². The Hall–Kier alpha value is -2.34. The maximum absolute atomic E-state index is 11.8. The highest BCUT2D eigenvalue weighted by atomic mass is 16.3. The number of carbonyl (C=O) groups excluding carboxylic acids is 1. The molecule has 100 valence electrons. The van der Waals surface area contributed by atoms with Gasteiger partial charge in [0.1, 0.15) is 11.3 Å². The summed E-state index contributed by atoms with van der Waals surface area (Å²) < 4.78 is 0. The molecule has 0 aliphatic rings. The number of carbonyl (C=O) groups is 1. The SMILES string of the molecule is O=C(NCCCO)c1c(O)c2ccccc2[nH]c1=O. The van der Waals surface area contributed by atoms with E-state index in [-0.39, 0.29) is 24.5 Å². The fourth-order valence-electron chi connectivity index (χ4n) is 1.81. The van der Waals surface area contributed by atoms with Gasteiger partial charge >= 0.3 is 0 Å². The van der Waals surface area contributed by atoms with Crippen LogP contribution in [0.5, 0.6) is 5.75 Å². The molecule has 0 aliphatic carbocycles. The van der Waals surface area contributed by atoms with Crippen LogP contribution >= 0.6 is 0 Å². The number of hydrogen-bond acceptors (Lipinski definition) is 4. The first-order valence-electron chi connectivity index (χ1n) is 5.88. The molecule has 0 bridgehead atoms. The van der Waals surface area contributed by atoms with Crippen LogP contribution in [0.25, 0.3) is 10.9 Å². The number of rotatable bonds is 4. The van der Waals surface area contributed by atoms with Crippen LogP contribution in [-0.4, -0.2) is 34.3 Å². The lowest BCUT2D eigenvalue weighted by Gasteiger charge is -2.07. The van der Waals surface area contributed by atoms with Crippen LogP contribution in [0.15, 0.2) is 29.1 Å². The number of pyridine rings is 1. The van der Waals surface area contributed by atoms with Crippen LogP contribution in [-0.2, 0) is 0 Å². The van der Waals surface area contributed by atoms with E-state index >= 15 is 0 Å². The highest BCUT2D eigenvalue weighted by Gasteiger charge is 2.18. The van der Waals surface area contributed by atoms with E-state index in [1.165, 1.54) is 0 Å². The first-order chi connectivity index (χ1) is 9.15. The molecule has 1 aromatic heterocycles. The third-order valence-corrected chi connectivity index (χ3v) is 2.74. The lowest BCUT2D eigenvalue weighted by Crippen LogP contribution is -2.30. The largest absolute Gasteiger partial charge is 0.506 e. The molecule has 19 heavy (non-hydrogen) atoms. The molecule has 0 radical (unpaired) electrons. The molecule has 0 unspecified atom stereocenters. The first-order valence-corrected chi connectivity index (χ1v) is 5.88. The second-order valence-corrected chi connectivity index (χ2v) is 4.06. The van der Waals surface area contributed by atoms with Crippen molar-refractivity contribution in [3.8, 4) is 5.75 Å². The molecular weight excluding hydrogens is 248 g/mol. The van der Waals surface area contributed by atoms with Gasteiger partial charge in [0.15, 0.2) is 0 Å². The molecule has 6 nitrogen and oxygen atoms in total. The summed E-state index contributed by atoms with van der Waals surface area (Å²) in [7, 11) is 0. The van der Waals surface area contributed by atoms with Gasteiger partial charge in [-0.25, -0.2) is 0 Å². The summed E-state index contributed by atoms with van der Waals surface area (Å²) in [4.78, 5) is 26.2. The van der Waals surface area contributed by atoms with Crippen molar-refractivity contribution in [1.82, 2.24) is 10.3 Å². The van der Waals surface area contributed by atoms with Crippen LogP contribution in [0.1, 0.15) is 16.8 Å². The predicted molar refractivity (Wildman–Crippen MR) is 70.3 cm³/mol. The van der Waals surface area contributed by atoms with Crippen LogP contribution in [0.3, 0.4) is 0 Å². The normalized spacial score (nSPS) is 10.6. The Morgan fingerprint density at radius 3 is 2.79 bits per heavy atom. The minimum Gasteiger partial charge on any atom is -0.506 e. The van der Waals surface area contributed by atoms with Gasteiger partial charge in [-0.1, -0.05) is 12.1 Å². The summed E-state index contributed by atoms with van der Waals surface area (Å²) >= 11 is 0. The molecule has 4 N–H and O–H groups in total. The second kappa shape index (κ2) is 5.53. The third kappa shape index (κ3) is 2.58. The zero-order valence-electron chi connectivity index (χ0n) is 10.1. The van der Waals surface area contributed by atoms with E-state index < -0.39 is 11.5 Å². The molecule has 2 rings (SSSR count). The maximum atomic E-state index is 11.8. The smallest absolute Gasteiger partial charge is 0.265 e. The molecule has 6 heteroatoms. The summed E-state index contributed by atoms with van der Waals surface area (Å²) in [6.07, 6.45) is 0.387. The number of aliphatic hydroxyl groups is 1. The van der Waals surface area contributed by atoms with Crippen molar-refractivity contribution in [3.63, 3.8) is 0 Å². The van der Waals surface area contributed by atoms with Gasteiger partial charge in [-0.2, -0.15) is 0 Å². The highest BCUT2D eigenvalue weighted by molar-refractivity contribution is 6.01. The molecule has 0 atom stereocenters. The topological polar surface area (TPSA) is 102 Å². The minimum absolute atomic E-state index is 0.0552. The van der Waals surface area contributed by atoms with Crippen LogP contribution in [0.2, 0.25) is 0 Å². The predicted octanol–water partition coefficient (Wildman–Crippen LogP) is 0.346. The van der Waals surface area contributed by atoms with E-state index in [1.54, 1.807) is 24.3 Å². The van der Waals surface area contributed by atoms with Crippen molar-refractivity contribution in [2.75, 3.05) is 13.2 Å². The summed E-state index contributed by atoms with van der Waals surface area (Å²) in [5, 5.41) is 21.5. The lowest BCUT2D eigenvalue weighted by atomic mass is 10.1. The number of benzene rings is 1. The van der Waals surface area contributed by atoms with Gasteiger partial charge in [-0.05, 0) is 18.6 Å². The van der Waals surface area contributed by atoms with Crippen molar-refractivity contribution in [1.29, 1.82) is 0 Å². The van der Waals surface area contributed by atoms with Gasteiger partial charge in [-0.15, -0.1) is 0 Å². The summed E-state index contributed by atoms with van der Waals surface area (Å²) in [5.41, 5.74) is -0.480. The quantitative estimate of drug-likeness (QED) is 0.597. The van der Waals surface area contributed by atoms with Crippen molar-refractivity contribution >= 4 is 16.8 Å². The summed E-state index contributed by atoms with van der Waals surface area (Å²) in [6.45, 7) is 0.182. The standard InChI is InChI=1S/C13H14N2O4/c16-7-3-6-14-12(18)10-11(17)8-4-1-2-5-9(8)15-13(10)19/h1-2,4-5,16H,3,6-7H2,(H,14,18)(H2,15,17,19). The molecule has 2 aromatic rings. The van der Waals surface area contributed by atoms with Crippen LogP contribution in [0.4, 0.5) is 0 Å². The highest BCUT2D eigenvalue weighted by Crippen LogP contribution is 2.24. The van der Waals surface area contributed by atoms with Gasteiger partial charge in [0.05, 0.1) is 5.52 Å². The fourth-order valence-corrected chi connectivity index (χ4v) is 1.81. The van der Waals surface area contributed by atoms with Crippen LogP contribution in [0, 0.1) is 0 Å². The molecule has 0 fully saturated rings. The average Bonchev–Trinajstić information content (AvgIpc) is 2.39. The van der Waals surface area contributed by atoms with Gasteiger partial charge < -0.3 is 20.5 Å². The first kappa shape index (κ1) is 13.1. The zero-order chi connectivity index (χ0) is 13.8. The van der Waals surface area contributed by atoms with E-state index in [9.17, 15) is 14.7 Å². The molecular formula is C13H14N2O4. The van der Waals surface area contributed by atoms with Crippen molar-refractivity contribution in [2.24, 2.45) is 0 Å². The monoisotopic (exact) mass is 262 g/mol. The third-order valence-electron chi connectivity index (χ3n) is 2.74. The Morgan fingerprint density at radius 1 is 1.32 bits per heavy atom. The Balaban J connectivity index is 2.43. The van der Waals surface area contributed by atoms with E-state index in [2.05, 4.69) is 10.3 Å². The van der Waals surface area contributed by atoms with Crippen molar-refractivity contribution in [3.05, 3.63) is 40.2 Å². The van der Waals surface area contributed by atoms with Crippen molar-refractivity contribution < 1.29 is 15.0 Å². The van der Waals surface area contributed by atoms with Gasteiger partial charge in [0, 0.05) is 18.5 Å². The molecule has 0 saturated heterocycles. The lowest BCUT2D eigenvalue weighted by molar-refractivity contribution is 0.0947. The van der Waals surface area contributed by atoms with Crippen LogP contribution < -0.4 is 10.9 Å². The fraction of sp³-hybridized carbons (Fsp3) is 0.231. The Bertz CT molecular complexity index is 663. The minimum atomic E-state index is -0.655. The number of para-hydroxylation sites is 1. The molecule has 0 saturated carbocycles. The van der Waals surface area contributed by atoms with Crippen molar-refractivity contribution in [2.45, 2.75) is 6.42 Å². The molecule has 1 heterocycles. The maximum Gasteiger partial charge on any atom is 0.265 e. The van der Waals surface area contributed by atoms with E-state index in [1.807, 2.05) is 0 Å². The number of fused-ring (bicyclic) bond motifs is 1. The number of aromatic amines is 1. The molecule has 0 aliphatic heterocycles. The Kier molecular flexibility index (Phi) is 3.82. The van der Waals surface area contributed by atoms with Gasteiger partial charge in [0.2, 0.25) is 0 Å². The average molecular weight is 262 g/mol. The molecule has 0 spiro atoms. The molecule has 1 aromatic carbocycles. The zero-order valence-corrected chi connectivity index (χ0v) is 10.1. The van der Waals surface area contributed by atoms with E-state index in [0.29, 0.717) is 17.3 Å². The number of hydrogen-bond donors (Lipinski definition) is 4. The number of amides is 1. The number of aliphatic hydroxyl groups excluding tert-OH is 1. The number of H-pyrrole nitrogens is 1. The van der Waals surface area contributed by atoms with E-state index in [4.69, 9.17) is 5.11 Å². The Labute approximate surface area is 108 Å². The van der Waals surface area contributed by atoms with Gasteiger partial charge in [-0.3, -0.25) is 9.59 Å². The second-order valence-electron chi connectivity index (χ2n) is 4.06. The summed E-state index contributed by atoms with van der Waals surface area (Å²) in [6, 6.07) is 6.68. The number of nitrogens with one attached hydrogen (secondary N) is 2. The summed E-state index contributed by atoms with van der Waals surface area (Å²) in [5.74, 6) is -0.987. The Morgan fingerprint density at radius 2 is 2.05 bits per heavy atom. The van der Waals surface area contributed by atoms with E-state index in [0.717, 1.165) is 0 Å². The number of aromatic nitrogens is 1. The molecule has 1 amide bonds.